The highest BCUT2D eigenvalue weighted by molar-refractivity contribution is 5.75. The first kappa shape index (κ1) is 26.4. The predicted octanol–water partition coefficient (Wildman–Crippen LogP) is 7.26. The Hall–Kier alpha value is -0.570. The van der Waals surface area contributed by atoms with Gasteiger partial charge < -0.3 is 10.4 Å². The minimum Gasteiger partial charge on any atom is -0.374 e. The zero-order valence-electron chi connectivity index (χ0n) is 18.6. The SMILES string of the molecule is CCCCCCCCCCCCCCCCCC(=O)NC(O)CCCCC. The zero-order chi connectivity index (χ0) is 20.0. The molecule has 162 valence electrons. The predicted molar refractivity (Wildman–Crippen MR) is 118 cm³/mol. The second kappa shape index (κ2) is 21.7. The molecule has 0 aromatic heterocycles. The van der Waals surface area contributed by atoms with Gasteiger partial charge in [-0.2, -0.15) is 0 Å². The van der Waals surface area contributed by atoms with Crippen LogP contribution in [0.3, 0.4) is 0 Å². The van der Waals surface area contributed by atoms with Crippen LogP contribution < -0.4 is 5.32 Å². The molecule has 0 aromatic rings. The van der Waals surface area contributed by atoms with Crippen molar-refractivity contribution in [2.24, 2.45) is 0 Å². The standard InChI is InChI=1S/C24H49NO2/c1-3-5-7-8-9-10-11-12-13-14-15-16-17-18-20-22-24(27)25-23(26)21-19-6-4-2/h23,26H,3-22H2,1-2H3,(H,25,27). The molecule has 0 aliphatic heterocycles. The number of carbonyl (C=O) groups excluding carboxylic acids is 1. The average Bonchev–Trinajstić information content (AvgIpc) is 2.65. The third-order valence-electron chi connectivity index (χ3n) is 5.42. The minimum absolute atomic E-state index is 0.00805. The van der Waals surface area contributed by atoms with Crippen molar-refractivity contribution < 1.29 is 9.90 Å². The number of hydrogen-bond acceptors (Lipinski definition) is 2. The smallest absolute Gasteiger partial charge is 0.221 e. The number of hydrogen-bond donors (Lipinski definition) is 2. The van der Waals surface area contributed by atoms with Gasteiger partial charge in [0.25, 0.3) is 0 Å². The summed E-state index contributed by atoms with van der Waals surface area (Å²) < 4.78 is 0. The molecule has 0 aliphatic carbocycles. The third-order valence-corrected chi connectivity index (χ3v) is 5.42. The number of nitrogens with one attached hydrogen (secondary N) is 1. The van der Waals surface area contributed by atoms with Crippen LogP contribution in [0.25, 0.3) is 0 Å². The first-order chi connectivity index (χ1) is 13.2. The number of rotatable bonds is 21. The van der Waals surface area contributed by atoms with Crippen molar-refractivity contribution in [3.05, 3.63) is 0 Å². The molecule has 0 bridgehead atoms. The lowest BCUT2D eigenvalue weighted by Gasteiger charge is -2.12. The molecule has 3 nitrogen and oxygen atoms in total. The summed E-state index contributed by atoms with van der Waals surface area (Å²) in [4.78, 5) is 11.7. The van der Waals surface area contributed by atoms with Gasteiger partial charge in [-0.05, 0) is 19.3 Å². The molecule has 27 heavy (non-hydrogen) atoms. The molecular formula is C24H49NO2. The maximum Gasteiger partial charge on any atom is 0.221 e. The van der Waals surface area contributed by atoms with E-state index in [1.54, 1.807) is 0 Å². The Kier molecular flexibility index (Phi) is 21.3. The summed E-state index contributed by atoms with van der Waals surface area (Å²) in [5.41, 5.74) is 0. The molecule has 0 aliphatic rings. The van der Waals surface area contributed by atoms with Crippen molar-refractivity contribution in [2.75, 3.05) is 0 Å². The van der Waals surface area contributed by atoms with Crippen LogP contribution in [0.4, 0.5) is 0 Å². The van der Waals surface area contributed by atoms with Crippen molar-refractivity contribution >= 4 is 5.91 Å². The molecule has 0 rings (SSSR count). The molecule has 1 amide bonds. The first-order valence-corrected chi connectivity index (χ1v) is 12.2. The number of amides is 1. The van der Waals surface area contributed by atoms with E-state index in [1.165, 1.54) is 83.5 Å². The molecule has 0 saturated carbocycles. The van der Waals surface area contributed by atoms with E-state index in [4.69, 9.17) is 0 Å². The lowest BCUT2D eigenvalue weighted by atomic mass is 10.0. The molecule has 1 unspecified atom stereocenters. The van der Waals surface area contributed by atoms with Crippen LogP contribution in [-0.2, 0) is 4.79 Å². The second-order valence-electron chi connectivity index (χ2n) is 8.28. The third kappa shape index (κ3) is 21.6. The van der Waals surface area contributed by atoms with E-state index in [1.807, 2.05) is 0 Å². The Morgan fingerprint density at radius 2 is 1.00 bits per heavy atom. The lowest BCUT2D eigenvalue weighted by Crippen LogP contribution is -2.34. The first-order valence-electron chi connectivity index (χ1n) is 12.2. The number of carbonyl (C=O) groups is 1. The Bertz CT molecular complexity index is 307. The average molecular weight is 384 g/mol. The summed E-state index contributed by atoms with van der Waals surface area (Å²) in [6, 6.07) is 0. The van der Waals surface area contributed by atoms with Gasteiger partial charge in [-0.3, -0.25) is 4.79 Å². The van der Waals surface area contributed by atoms with Crippen LogP contribution in [0.15, 0.2) is 0 Å². The maximum absolute atomic E-state index is 11.7. The van der Waals surface area contributed by atoms with Gasteiger partial charge in [-0.25, -0.2) is 0 Å². The van der Waals surface area contributed by atoms with Gasteiger partial charge in [0.05, 0.1) is 0 Å². The van der Waals surface area contributed by atoms with E-state index < -0.39 is 6.23 Å². The summed E-state index contributed by atoms with van der Waals surface area (Å²) >= 11 is 0. The maximum atomic E-state index is 11.7. The molecule has 2 N–H and O–H groups in total. The van der Waals surface area contributed by atoms with Crippen molar-refractivity contribution in [2.45, 2.75) is 148 Å². The monoisotopic (exact) mass is 383 g/mol. The Labute approximate surface area is 170 Å². The summed E-state index contributed by atoms with van der Waals surface area (Å²) in [6.07, 6.45) is 23.9. The van der Waals surface area contributed by atoms with Crippen LogP contribution in [0.2, 0.25) is 0 Å². The Morgan fingerprint density at radius 1 is 0.630 bits per heavy atom. The molecule has 0 heterocycles. The fraction of sp³-hybridized carbons (Fsp3) is 0.958. The van der Waals surface area contributed by atoms with E-state index in [-0.39, 0.29) is 5.91 Å². The molecule has 0 saturated heterocycles. The molecular weight excluding hydrogens is 334 g/mol. The fourth-order valence-electron chi connectivity index (χ4n) is 3.57. The Balaban J connectivity index is 3.20. The quantitative estimate of drug-likeness (QED) is 0.162. The van der Waals surface area contributed by atoms with E-state index in [0.717, 1.165) is 32.1 Å². The summed E-state index contributed by atoms with van der Waals surface area (Å²) in [6.45, 7) is 4.42. The van der Waals surface area contributed by atoms with Crippen LogP contribution >= 0.6 is 0 Å². The Morgan fingerprint density at radius 3 is 1.44 bits per heavy atom. The van der Waals surface area contributed by atoms with Crippen LogP contribution in [0.1, 0.15) is 142 Å². The van der Waals surface area contributed by atoms with Gasteiger partial charge in [-0.15, -0.1) is 0 Å². The summed E-state index contributed by atoms with van der Waals surface area (Å²) in [5.74, 6) is 0.00805. The van der Waals surface area contributed by atoms with Crippen molar-refractivity contribution in [1.29, 1.82) is 0 Å². The summed E-state index contributed by atoms with van der Waals surface area (Å²) in [7, 11) is 0. The molecule has 1 atom stereocenters. The van der Waals surface area contributed by atoms with E-state index in [2.05, 4.69) is 19.2 Å². The zero-order valence-corrected chi connectivity index (χ0v) is 18.6. The van der Waals surface area contributed by atoms with Crippen LogP contribution in [0, 0.1) is 0 Å². The van der Waals surface area contributed by atoms with Crippen LogP contribution in [-0.4, -0.2) is 17.2 Å². The van der Waals surface area contributed by atoms with Crippen molar-refractivity contribution in [3.8, 4) is 0 Å². The van der Waals surface area contributed by atoms with Crippen molar-refractivity contribution in [3.63, 3.8) is 0 Å². The molecule has 0 spiro atoms. The summed E-state index contributed by atoms with van der Waals surface area (Å²) in [5, 5.41) is 12.4. The van der Waals surface area contributed by atoms with Crippen LogP contribution in [0.5, 0.6) is 0 Å². The minimum atomic E-state index is -0.652. The molecule has 0 radical (unpaired) electrons. The number of unbranched alkanes of at least 4 members (excludes halogenated alkanes) is 16. The number of aliphatic hydroxyl groups is 1. The van der Waals surface area contributed by atoms with E-state index >= 15 is 0 Å². The van der Waals surface area contributed by atoms with Gasteiger partial charge in [0.1, 0.15) is 6.23 Å². The van der Waals surface area contributed by atoms with Gasteiger partial charge in [0.2, 0.25) is 5.91 Å². The molecule has 0 aromatic carbocycles. The van der Waals surface area contributed by atoms with Gasteiger partial charge in [0, 0.05) is 6.42 Å². The highest BCUT2D eigenvalue weighted by atomic mass is 16.3. The number of aliphatic hydroxyl groups excluding tert-OH is 1. The van der Waals surface area contributed by atoms with Crippen molar-refractivity contribution in [1.82, 2.24) is 5.32 Å². The van der Waals surface area contributed by atoms with E-state index in [9.17, 15) is 9.90 Å². The normalized spacial score (nSPS) is 12.3. The molecule has 3 heteroatoms. The second-order valence-corrected chi connectivity index (χ2v) is 8.28. The highest BCUT2D eigenvalue weighted by Gasteiger charge is 2.07. The lowest BCUT2D eigenvalue weighted by molar-refractivity contribution is -0.124. The van der Waals surface area contributed by atoms with Gasteiger partial charge >= 0.3 is 0 Å². The van der Waals surface area contributed by atoms with E-state index in [0.29, 0.717) is 12.8 Å². The molecule has 0 fully saturated rings. The van der Waals surface area contributed by atoms with Gasteiger partial charge in [0.15, 0.2) is 0 Å². The largest absolute Gasteiger partial charge is 0.374 e. The van der Waals surface area contributed by atoms with Gasteiger partial charge in [-0.1, -0.05) is 117 Å². The highest BCUT2D eigenvalue weighted by Crippen LogP contribution is 2.13. The topological polar surface area (TPSA) is 49.3 Å². The fourth-order valence-corrected chi connectivity index (χ4v) is 3.57.